The van der Waals surface area contributed by atoms with E-state index in [-0.39, 0.29) is 0 Å². The van der Waals surface area contributed by atoms with Crippen molar-refractivity contribution in [2.75, 3.05) is 20.2 Å². The number of rotatable bonds is 5. The summed E-state index contributed by atoms with van der Waals surface area (Å²) >= 11 is 7.56. The number of ether oxygens (including phenoxy) is 1. The van der Waals surface area contributed by atoms with E-state index in [1.165, 1.54) is 17.8 Å². The van der Waals surface area contributed by atoms with Crippen molar-refractivity contribution in [2.24, 2.45) is 0 Å². The normalized spacial score (nSPS) is 23.2. The molecule has 0 N–H and O–H groups in total. The maximum atomic E-state index is 5.83. The van der Waals surface area contributed by atoms with Gasteiger partial charge in [0.05, 0.1) is 23.7 Å². The Hall–Kier alpha value is -0.160. The summed E-state index contributed by atoms with van der Waals surface area (Å²) in [7, 11) is 1.81. The van der Waals surface area contributed by atoms with Gasteiger partial charge in [0.25, 0.3) is 0 Å². The van der Waals surface area contributed by atoms with E-state index < -0.39 is 0 Å². The van der Waals surface area contributed by atoms with Crippen LogP contribution in [0.4, 0.5) is 0 Å². The Morgan fingerprint density at radius 1 is 1.67 bits per heavy atom. The van der Waals surface area contributed by atoms with Crippen molar-refractivity contribution in [3.05, 3.63) is 16.1 Å². The Labute approximate surface area is 118 Å². The van der Waals surface area contributed by atoms with E-state index in [0.29, 0.717) is 18.0 Å². The first-order valence-corrected chi connectivity index (χ1v) is 7.97. The van der Waals surface area contributed by atoms with Crippen LogP contribution in [0, 0.1) is 0 Å². The van der Waals surface area contributed by atoms with Gasteiger partial charge in [-0.25, -0.2) is 4.98 Å². The van der Waals surface area contributed by atoms with Gasteiger partial charge in [0.1, 0.15) is 5.01 Å². The minimum absolute atomic E-state index is 0.375. The second-order valence-electron chi connectivity index (χ2n) is 4.73. The van der Waals surface area contributed by atoms with E-state index in [1.54, 1.807) is 11.3 Å². The van der Waals surface area contributed by atoms with Gasteiger partial charge < -0.3 is 4.74 Å². The number of alkyl halides is 1. The van der Waals surface area contributed by atoms with Gasteiger partial charge in [0.2, 0.25) is 0 Å². The van der Waals surface area contributed by atoms with Gasteiger partial charge in [-0.3, -0.25) is 4.90 Å². The Kier molecular flexibility index (Phi) is 5.42. The smallest absolute Gasteiger partial charge is 0.110 e. The SMILES string of the molecule is CCC(c1nc(CCl)cs1)N1CCCC(OC)C1. The number of nitrogens with zero attached hydrogens (tertiary/aromatic N) is 2. The van der Waals surface area contributed by atoms with Crippen molar-refractivity contribution >= 4 is 22.9 Å². The van der Waals surface area contributed by atoms with E-state index in [9.17, 15) is 0 Å². The van der Waals surface area contributed by atoms with Crippen LogP contribution in [0.1, 0.15) is 42.9 Å². The Balaban J connectivity index is 2.07. The van der Waals surface area contributed by atoms with Crippen LogP contribution in [-0.2, 0) is 10.6 Å². The van der Waals surface area contributed by atoms with Crippen molar-refractivity contribution in [2.45, 2.75) is 44.2 Å². The molecule has 18 heavy (non-hydrogen) atoms. The Morgan fingerprint density at radius 2 is 2.50 bits per heavy atom. The number of hydrogen-bond donors (Lipinski definition) is 0. The summed E-state index contributed by atoms with van der Waals surface area (Å²) in [4.78, 5) is 7.14. The summed E-state index contributed by atoms with van der Waals surface area (Å²) in [6.45, 7) is 4.39. The zero-order chi connectivity index (χ0) is 13.0. The highest BCUT2D eigenvalue weighted by Gasteiger charge is 2.27. The van der Waals surface area contributed by atoms with Crippen LogP contribution >= 0.6 is 22.9 Å². The van der Waals surface area contributed by atoms with E-state index in [1.807, 2.05) is 7.11 Å². The molecule has 102 valence electrons. The lowest BCUT2D eigenvalue weighted by molar-refractivity contribution is 0.0132. The summed E-state index contributed by atoms with van der Waals surface area (Å²) in [5.41, 5.74) is 0.996. The molecule has 0 aromatic carbocycles. The van der Waals surface area contributed by atoms with Crippen LogP contribution in [0.15, 0.2) is 5.38 Å². The van der Waals surface area contributed by atoms with Crippen molar-refractivity contribution in [1.82, 2.24) is 9.88 Å². The van der Waals surface area contributed by atoms with Gasteiger partial charge >= 0.3 is 0 Å². The average Bonchev–Trinajstić information content (AvgIpc) is 2.88. The standard InChI is InChI=1S/C13H21ClN2OS/c1-3-12(13-15-10(7-14)9-18-13)16-6-4-5-11(8-16)17-2/h9,11-12H,3-8H2,1-2H3. The highest BCUT2D eigenvalue weighted by Crippen LogP contribution is 2.30. The molecule has 1 aromatic heterocycles. The molecule has 3 nitrogen and oxygen atoms in total. The van der Waals surface area contributed by atoms with Gasteiger partial charge in [0.15, 0.2) is 0 Å². The number of aromatic nitrogens is 1. The molecule has 2 rings (SSSR count). The molecule has 2 heterocycles. The monoisotopic (exact) mass is 288 g/mol. The lowest BCUT2D eigenvalue weighted by Gasteiger charge is -2.36. The maximum Gasteiger partial charge on any atom is 0.110 e. The number of halogens is 1. The molecular weight excluding hydrogens is 268 g/mol. The molecule has 1 aromatic rings. The largest absolute Gasteiger partial charge is 0.380 e. The average molecular weight is 289 g/mol. The zero-order valence-corrected chi connectivity index (χ0v) is 12.6. The lowest BCUT2D eigenvalue weighted by Crippen LogP contribution is -2.41. The molecule has 1 aliphatic rings. The number of likely N-dealkylation sites (tertiary alicyclic amines) is 1. The van der Waals surface area contributed by atoms with E-state index in [0.717, 1.165) is 25.2 Å². The quantitative estimate of drug-likeness (QED) is 0.776. The molecule has 0 spiro atoms. The number of hydrogen-bond acceptors (Lipinski definition) is 4. The molecule has 2 atom stereocenters. The first kappa shape index (κ1) is 14.3. The minimum Gasteiger partial charge on any atom is -0.380 e. The predicted molar refractivity (Wildman–Crippen MR) is 76.3 cm³/mol. The summed E-state index contributed by atoms with van der Waals surface area (Å²) in [6, 6.07) is 0.421. The molecule has 0 saturated carbocycles. The molecule has 0 bridgehead atoms. The summed E-state index contributed by atoms with van der Waals surface area (Å²) in [5, 5.41) is 3.27. The third-order valence-electron chi connectivity index (χ3n) is 3.56. The molecule has 0 radical (unpaired) electrons. The number of thiazole rings is 1. The molecule has 1 aliphatic heterocycles. The summed E-state index contributed by atoms with van der Waals surface area (Å²) in [6.07, 6.45) is 3.85. The van der Waals surface area contributed by atoms with Gasteiger partial charge in [-0.15, -0.1) is 22.9 Å². The van der Waals surface area contributed by atoms with Crippen molar-refractivity contribution in [1.29, 1.82) is 0 Å². The van der Waals surface area contributed by atoms with Crippen molar-refractivity contribution in [3.8, 4) is 0 Å². The first-order valence-electron chi connectivity index (χ1n) is 6.55. The molecule has 0 aliphatic carbocycles. The van der Waals surface area contributed by atoms with Crippen molar-refractivity contribution < 1.29 is 4.74 Å². The fourth-order valence-corrected chi connectivity index (χ4v) is 3.83. The molecule has 1 fully saturated rings. The fraction of sp³-hybridized carbons (Fsp3) is 0.769. The number of piperidine rings is 1. The van der Waals surface area contributed by atoms with Crippen LogP contribution in [-0.4, -0.2) is 36.2 Å². The molecule has 1 saturated heterocycles. The molecule has 0 amide bonds. The van der Waals surface area contributed by atoms with E-state index >= 15 is 0 Å². The molecule has 2 unspecified atom stereocenters. The van der Waals surface area contributed by atoms with Gasteiger partial charge in [-0.05, 0) is 25.8 Å². The van der Waals surface area contributed by atoms with Crippen molar-refractivity contribution in [3.63, 3.8) is 0 Å². The first-order chi connectivity index (χ1) is 8.78. The van der Waals surface area contributed by atoms with Crippen LogP contribution in [0.3, 0.4) is 0 Å². The van der Waals surface area contributed by atoms with Crippen LogP contribution in [0.5, 0.6) is 0 Å². The summed E-state index contributed by atoms with van der Waals surface area (Å²) < 4.78 is 5.50. The second kappa shape index (κ2) is 6.85. The van der Waals surface area contributed by atoms with Crippen LogP contribution < -0.4 is 0 Å². The van der Waals surface area contributed by atoms with Crippen LogP contribution in [0.2, 0.25) is 0 Å². The molecular formula is C13H21ClN2OS. The Bertz CT molecular complexity index is 372. The molecule has 5 heteroatoms. The zero-order valence-electron chi connectivity index (χ0n) is 11.1. The number of methoxy groups -OCH3 is 1. The predicted octanol–water partition coefficient (Wildman–Crippen LogP) is 3.44. The van der Waals surface area contributed by atoms with Gasteiger partial charge in [-0.1, -0.05) is 6.92 Å². The van der Waals surface area contributed by atoms with Gasteiger partial charge in [0, 0.05) is 19.0 Å². The third-order valence-corrected chi connectivity index (χ3v) is 4.83. The Morgan fingerprint density at radius 3 is 3.11 bits per heavy atom. The fourth-order valence-electron chi connectivity index (χ4n) is 2.57. The van der Waals surface area contributed by atoms with E-state index in [2.05, 4.69) is 22.2 Å². The third kappa shape index (κ3) is 3.23. The highest BCUT2D eigenvalue weighted by atomic mass is 35.5. The highest BCUT2D eigenvalue weighted by molar-refractivity contribution is 7.09. The second-order valence-corrected chi connectivity index (χ2v) is 5.89. The van der Waals surface area contributed by atoms with E-state index in [4.69, 9.17) is 16.3 Å². The maximum absolute atomic E-state index is 5.83. The summed E-state index contributed by atoms with van der Waals surface area (Å²) in [5.74, 6) is 0.508. The van der Waals surface area contributed by atoms with Gasteiger partial charge in [-0.2, -0.15) is 0 Å². The van der Waals surface area contributed by atoms with Crippen LogP contribution in [0.25, 0.3) is 0 Å². The minimum atomic E-state index is 0.375. The topological polar surface area (TPSA) is 25.4 Å². The lowest BCUT2D eigenvalue weighted by atomic mass is 10.0.